The van der Waals surface area contributed by atoms with Crippen LogP contribution >= 0.6 is 0 Å². The summed E-state index contributed by atoms with van der Waals surface area (Å²) < 4.78 is 36.4. The van der Waals surface area contributed by atoms with Gasteiger partial charge in [0.15, 0.2) is 0 Å². The number of halogens is 3. The molecule has 8 heteroatoms. The van der Waals surface area contributed by atoms with Crippen molar-refractivity contribution in [1.82, 2.24) is 14.8 Å². The Morgan fingerprint density at radius 1 is 1.57 bits per heavy atom. The summed E-state index contributed by atoms with van der Waals surface area (Å²) in [6, 6.07) is 0. The lowest BCUT2D eigenvalue weighted by Gasteiger charge is -2.07. The van der Waals surface area contributed by atoms with Gasteiger partial charge in [-0.1, -0.05) is 0 Å². The number of aliphatic carboxylic acids is 1. The van der Waals surface area contributed by atoms with Gasteiger partial charge in [0.05, 0.1) is 0 Å². The van der Waals surface area contributed by atoms with E-state index in [1.54, 1.807) is 0 Å². The quantitative estimate of drug-likeness (QED) is 0.785. The van der Waals surface area contributed by atoms with Gasteiger partial charge in [-0.25, -0.2) is 0 Å². The second-order valence-electron chi connectivity index (χ2n) is 2.56. The molecule has 1 rings (SSSR count). The number of aromatic nitrogens is 3. The highest BCUT2D eigenvalue weighted by Crippen LogP contribution is 2.17. The van der Waals surface area contributed by atoms with Crippen LogP contribution in [0.25, 0.3) is 0 Å². The zero-order valence-corrected chi connectivity index (χ0v) is 6.82. The second-order valence-corrected chi connectivity index (χ2v) is 2.56. The van der Waals surface area contributed by atoms with E-state index < -0.39 is 25.1 Å². The van der Waals surface area contributed by atoms with Gasteiger partial charge in [-0.2, -0.15) is 13.2 Å². The number of hydrogen-bond acceptors (Lipinski definition) is 3. The summed E-state index contributed by atoms with van der Waals surface area (Å²) in [6.45, 7) is -1.28. The Labute approximate surface area is 76.2 Å². The van der Waals surface area contributed by atoms with E-state index in [0.29, 0.717) is 4.57 Å². The molecular formula is C6H6F3N3O2. The number of alkyl halides is 3. The lowest BCUT2D eigenvalue weighted by molar-refractivity contribution is -0.142. The molecule has 14 heavy (non-hydrogen) atoms. The summed E-state index contributed by atoms with van der Waals surface area (Å²) >= 11 is 0. The fraction of sp³-hybridized carbons (Fsp3) is 0.500. The number of rotatable bonds is 3. The first-order valence-electron chi connectivity index (χ1n) is 3.54. The van der Waals surface area contributed by atoms with Gasteiger partial charge in [0.25, 0.3) is 0 Å². The van der Waals surface area contributed by atoms with Crippen LogP contribution in [0.3, 0.4) is 0 Å². The summed E-state index contributed by atoms with van der Waals surface area (Å²) in [5.41, 5.74) is 0. The van der Waals surface area contributed by atoms with Crippen LogP contribution in [-0.4, -0.2) is 32.0 Å². The molecule has 0 spiro atoms. The summed E-state index contributed by atoms with van der Waals surface area (Å²) in [5.74, 6) is -1.46. The zero-order valence-electron chi connectivity index (χ0n) is 6.82. The Morgan fingerprint density at radius 3 is 2.71 bits per heavy atom. The molecule has 5 nitrogen and oxygen atoms in total. The molecule has 0 amide bonds. The van der Waals surface area contributed by atoms with Gasteiger partial charge in [-0.15, -0.1) is 10.2 Å². The molecule has 0 fully saturated rings. The Hall–Kier alpha value is -1.60. The van der Waals surface area contributed by atoms with E-state index in [4.69, 9.17) is 5.11 Å². The van der Waals surface area contributed by atoms with Crippen molar-refractivity contribution in [1.29, 1.82) is 0 Å². The van der Waals surface area contributed by atoms with Crippen molar-refractivity contribution in [2.75, 3.05) is 0 Å². The Bertz CT molecular complexity index is 333. The fourth-order valence-corrected chi connectivity index (χ4v) is 0.876. The summed E-state index contributed by atoms with van der Waals surface area (Å²) in [7, 11) is 0. The first-order chi connectivity index (χ1) is 6.38. The third-order valence-corrected chi connectivity index (χ3v) is 1.35. The molecule has 0 aliphatic rings. The lowest BCUT2D eigenvalue weighted by atomic mass is 10.4. The van der Waals surface area contributed by atoms with Gasteiger partial charge in [0.1, 0.15) is 25.1 Å². The number of carboxylic acid groups (broad SMARTS) is 1. The Morgan fingerprint density at radius 2 is 2.21 bits per heavy atom. The molecule has 1 heterocycles. The predicted molar refractivity (Wildman–Crippen MR) is 37.4 cm³/mol. The lowest BCUT2D eigenvalue weighted by Crippen LogP contribution is -2.20. The summed E-state index contributed by atoms with van der Waals surface area (Å²) in [6.07, 6.45) is -4.13. The first-order valence-corrected chi connectivity index (χ1v) is 3.54. The Kier molecular flexibility index (Phi) is 2.73. The average molecular weight is 209 g/mol. The monoisotopic (exact) mass is 209 g/mol. The van der Waals surface area contributed by atoms with Crippen LogP contribution in [-0.2, 0) is 17.8 Å². The smallest absolute Gasteiger partial charge is 0.406 e. The summed E-state index contributed by atoms with van der Waals surface area (Å²) in [5, 5.41) is 14.8. The molecule has 0 radical (unpaired) electrons. The van der Waals surface area contributed by atoms with Crippen molar-refractivity contribution < 1.29 is 23.1 Å². The number of carbonyl (C=O) groups is 1. The van der Waals surface area contributed by atoms with Crippen LogP contribution in [0.2, 0.25) is 0 Å². The predicted octanol–water partition coefficient (Wildman–Crippen LogP) is 0.467. The molecule has 1 aromatic heterocycles. The van der Waals surface area contributed by atoms with Crippen LogP contribution < -0.4 is 0 Å². The zero-order chi connectivity index (χ0) is 10.8. The van der Waals surface area contributed by atoms with E-state index >= 15 is 0 Å². The maximum Gasteiger partial charge on any atom is 0.406 e. The Balaban J connectivity index is 2.77. The van der Waals surface area contributed by atoms with Gasteiger partial charge in [-0.3, -0.25) is 4.79 Å². The van der Waals surface area contributed by atoms with Crippen LogP contribution in [0.4, 0.5) is 13.2 Å². The van der Waals surface area contributed by atoms with Crippen LogP contribution in [0.15, 0.2) is 6.33 Å². The van der Waals surface area contributed by atoms with Gasteiger partial charge < -0.3 is 9.67 Å². The summed E-state index contributed by atoms with van der Waals surface area (Å²) in [4.78, 5) is 10.2. The van der Waals surface area contributed by atoms with E-state index in [1.807, 2.05) is 0 Å². The standard InChI is InChI=1S/C6H6F3N3O2/c7-6(8,9)2-12-3-10-11-4(12)1-5(13)14/h3H,1-2H2,(H,13,14). The van der Waals surface area contributed by atoms with Crippen molar-refractivity contribution in [2.24, 2.45) is 0 Å². The number of nitrogens with zero attached hydrogens (tertiary/aromatic N) is 3. The highest BCUT2D eigenvalue weighted by molar-refractivity contribution is 5.68. The van der Waals surface area contributed by atoms with E-state index in [9.17, 15) is 18.0 Å². The van der Waals surface area contributed by atoms with Gasteiger partial charge >= 0.3 is 12.1 Å². The number of hydrogen-bond donors (Lipinski definition) is 1. The third kappa shape index (κ3) is 3.04. The SMILES string of the molecule is O=C(O)Cc1nncn1CC(F)(F)F. The molecule has 0 aliphatic heterocycles. The van der Waals surface area contributed by atoms with Gasteiger partial charge in [0, 0.05) is 0 Å². The van der Waals surface area contributed by atoms with Crippen molar-refractivity contribution in [3.8, 4) is 0 Å². The molecule has 0 saturated carbocycles. The molecule has 0 aromatic carbocycles. The topological polar surface area (TPSA) is 68.0 Å². The fourth-order valence-electron chi connectivity index (χ4n) is 0.876. The first kappa shape index (κ1) is 10.5. The molecule has 0 atom stereocenters. The highest BCUT2D eigenvalue weighted by atomic mass is 19.4. The normalized spacial score (nSPS) is 11.6. The highest BCUT2D eigenvalue weighted by Gasteiger charge is 2.29. The molecule has 0 aliphatic carbocycles. The largest absolute Gasteiger partial charge is 0.481 e. The van der Waals surface area contributed by atoms with Gasteiger partial charge in [-0.05, 0) is 0 Å². The minimum atomic E-state index is -4.41. The minimum absolute atomic E-state index is 0.213. The molecule has 1 N–H and O–H groups in total. The molecule has 1 aromatic rings. The third-order valence-electron chi connectivity index (χ3n) is 1.35. The second kappa shape index (κ2) is 3.64. The number of carboxylic acids is 1. The maximum atomic E-state index is 11.9. The van der Waals surface area contributed by atoms with Crippen molar-refractivity contribution in [3.63, 3.8) is 0 Å². The molecule has 0 bridgehead atoms. The molecular weight excluding hydrogens is 203 g/mol. The molecule has 0 saturated heterocycles. The van der Waals surface area contributed by atoms with E-state index in [2.05, 4.69) is 10.2 Å². The van der Waals surface area contributed by atoms with Crippen molar-refractivity contribution in [3.05, 3.63) is 12.2 Å². The van der Waals surface area contributed by atoms with Crippen molar-refractivity contribution in [2.45, 2.75) is 19.1 Å². The van der Waals surface area contributed by atoms with Crippen LogP contribution in [0, 0.1) is 0 Å². The van der Waals surface area contributed by atoms with Gasteiger partial charge in [0.2, 0.25) is 0 Å². The molecule has 0 unspecified atom stereocenters. The minimum Gasteiger partial charge on any atom is -0.481 e. The van der Waals surface area contributed by atoms with E-state index in [1.165, 1.54) is 0 Å². The van der Waals surface area contributed by atoms with Crippen molar-refractivity contribution >= 4 is 5.97 Å². The van der Waals surface area contributed by atoms with E-state index in [-0.39, 0.29) is 5.82 Å². The maximum absolute atomic E-state index is 11.9. The van der Waals surface area contributed by atoms with Crippen LogP contribution in [0.1, 0.15) is 5.82 Å². The average Bonchev–Trinajstić information content (AvgIpc) is 2.32. The van der Waals surface area contributed by atoms with E-state index in [0.717, 1.165) is 6.33 Å². The molecule has 78 valence electrons. The van der Waals surface area contributed by atoms with Crippen LogP contribution in [0.5, 0.6) is 0 Å².